The zero-order valence-electron chi connectivity index (χ0n) is 17.2. The molecule has 3 aromatic rings. The van der Waals surface area contributed by atoms with Gasteiger partial charge in [0.25, 0.3) is 5.91 Å². The van der Waals surface area contributed by atoms with Gasteiger partial charge in [0, 0.05) is 13.1 Å². The summed E-state index contributed by atoms with van der Waals surface area (Å²) in [6.45, 7) is 8.91. The van der Waals surface area contributed by atoms with Gasteiger partial charge in [-0.05, 0) is 34.8 Å². The number of aromatic amines is 1. The molecule has 150 valence electrons. The van der Waals surface area contributed by atoms with E-state index in [-0.39, 0.29) is 11.3 Å². The van der Waals surface area contributed by atoms with Crippen LogP contribution in [0, 0.1) is 0 Å². The number of ether oxygens (including phenoxy) is 1. The number of aromatic nitrogens is 2. The zero-order valence-corrected chi connectivity index (χ0v) is 17.2. The molecule has 1 aliphatic heterocycles. The second kappa shape index (κ2) is 7.84. The van der Waals surface area contributed by atoms with Crippen molar-refractivity contribution < 1.29 is 9.53 Å². The highest BCUT2D eigenvalue weighted by Gasteiger charge is 2.24. The monoisotopic (exact) mass is 389 g/mol. The number of fused-ring (bicyclic) bond motifs is 1. The maximum absolute atomic E-state index is 13.3. The molecule has 1 N–H and O–H groups in total. The third-order valence-electron chi connectivity index (χ3n) is 5.26. The van der Waals surface area contributed by atoms with Crippen LogP contribution in [0.1, 0.15) is 37.7 Å². The molecule has 1 aromatic heterocycles. The third kappa shape index (κ3) is 4.25. The maximum atomic E-state index is 13.3. The van der Waals surface area contributed by atoms with Gasteiger partial charge in [0.15, 0.2) is 0 Å². The summed E-state index contributed by atoms with van der Waals surface area (Å²) >= 11 is 0. The van der Waals surface area contributed by atoms with E-state index in [2.05, 4.69) is 55.0 Å². The molecule has 0 spiro atoms. The lowest BCUT2D eigenvalue weighted by atomic mass is 9.86. The second-order valence-corrected chi connectivity index (χ2v) is 8.44. The minimum absolute atomic E-state index is 0.0211. The Morgan fingerprint density at radius 1 is 1.07 bits per heavy atom. The number of benzene rings is 2. The van der Waals surface area contributed by atoms with Gasteiger partial charge in [-0.25, -0.2) is 4.98 Å². The van der Waals surface area contributed by atoms with Crippen LogP contribution in [0.2, 0.25) is 0 Å². The topological polar surface area (TPSA) is 58.2 Å². The third-order valence-corrected chi connectivity index (χ3v) is 5.26. The second-order valence-electron chi connectivity index (χ2n) is 8.44. The fraction of sp³-hybridized carbons (Fsp3) is 0.333. The first-order chi connectivity index (χ1) is 13.9. The summed E-state index contributed by atoms with van der Waals surface area (Å²) in [6, 6.07) is 16.2. The standard InChI is InChI=1S/C24H27N3O2/c1-24(2,3)18-10-8-17(9-11-18)16-19(23(28)27-12-14-29-15-13-27)22-25-20-6-4-5-7-21(20)26-22/h4-11,16H,12-15H2,1-3H3,(H,25,26)/b19-16+. The first-order valence-electron chi connectivity index (χ1n) is 10.1. The first kappa shape index (κ1) is 19.4. The molecule has 0 atom stereocenters. The summed E-state index contributed by atoms with van der Waals surface area (Å²) in [5.41, 5.74) is 4.69. The molecule has 0 aliphatic carbocycles. The molecule has 2 aromatic carbocycles. The number of carbonyl (C=O) groups excluding carboxylic acids is 1. The SMILES string of the molecule is CC(C)(C)c1ccc(/C=C(/C(=O)N2CCOCC2)c2nc3ccccc3[nH]2)cc1. The smallest absolute Gasteiger partial charge is 0.257 e. The Morgan fingerprint density at radius 3 is 2.41 bits per heavy atom. The number of amides is 1. The molecular formula is C24H27N3O2. The minimum atomic E-state index is -0.0211. The highest BCUT2D eigenvalue weighted by Crippen LogP contribution is 2.25. The normalized spacial score (nSPS) is 15.7. The van der Waals surface area contributed by atoms with Crippen LogP contribution >= 0.6 is 0 Å². The summed E-state index contributed by atoms with van der Waals surface area (Å²) in [4.78, 5) is 23.2. The summed E-state index contributed by atoms with van der Waals surface area (Å²) in [7, 11) is 0. The number of hydrogen-bond donors (Lipinski definition) is 1. The van der Waals surface area contributed by atoms with Gasteiger partial charge >= 0.3 is 0 Å². The predicted molar refractivity (Wildman–Crippen MR) is 117 cm³/mol. The van der Waals surface area contributed by atoms with Crippen LogP contribution in [0.25, 0.3) is 22.7 Å². The molecule has 1 saturated heterocycles. The predicted octanol–water partition coefficient (Wildman–Crippen LogP) is 4.26. The lowest BCUT2D eigenvalue weighted by molar-refractivity contribution is -0.128. The van der Waals surface area contributed by atoms with E-state index in [0.29, 0.717) is 37.7 Å². The molecule has 5 heteroatoms. The van der Waals surface area contributed by atoms with Crippen molar-refractivity contribution in [1.82, 2.24) is 14.9 Å². The first-order valence-corrected chi connectivity index (χ1v) is 10.1. The average molecular weight is 389 g/mol. The van der Waals surface area contributed by atoms with Crippen LogP contribution in [0.15, 0.2) is 48.5 Å². The molecule has 0 bridgehead atoms. The van der Waals surface area contributed by atoms with E-state index in [1.165, 1.54) is 5.56 Å². The van der Waals surface area contributed by atoms with Crippen molar-refractivity contribution in [1.29, 1.82) is 0 Å². The Balaban J connectivity index is 1.74. The maximum Gasteiger partial charge on any atom is 0.257 e. The fourth-order valence-corrected chi connectivity index (χ4v) is 3.49. The number of H-pyrrole nitrogens is 1. The summed E-state index contributed by atoms with van der Waals surface area (Å²) < 4.78 is 5.41. The van der Waals surface area contributed by atoms with Crippen molar-refractivity contribution in [3.63, 3.8) is 0 Å². The van der Waals surface area contributed by atoms with E-state index in [0.717, 1.165) is 16.6 Å². The van der Waals surface area contributed by atoms with E-state index in [1.807, 2.05) is 35.2 Å². The number of imidazole rings is 1. The van der Waals surface area contributed by atoms with Crippen LogP contribution in [-0.2, 0) is 14.9 Å². The van der Waals surface area contributed by atoms with Crippen LogP contribution in [0.3, 0.4) is 0 Å². The molecule has 1 fully saturated rings. The molecule has 1 amide bonds. The number of nitrogens with one attached hydrogen (secondary N) is 1. The molecule has 0 saturated carbocycles. The Morgan fingerprint density at radius 2 is 1.76 bits per heavy atom. The minimum Gasteiger partial charge on any atom is -0.378 e. The number of rotatable bonds is 3. The van der Waals surface area contributed by atoms with Crippen LogP contribution in [0.4, 0.5) is 0 Å². The molecule has 29 heavy (non-hydrogen) atoms. The van der Waals surface area contributed by atoms with Crippen molar-refractivity contribution in [2.24, 2.45) is 0 Å². The van der Waals surface area contributed by atoms with Crippen molar-refractivity contribution in [3.05, 3.63) is 65.5 Å². The molecular weight excluding hydrogens is 362 g/mol. The summed E-state index contributed by atoms with van der Waals surface area (Å²) in [5.74, 6) is 0.579. The quantitative estimate of drug-likeness (QED) is 0.681. The van der Waals surface area contributed by atoms with Crippen molar-refractivity contribution in [2.75, 3.05) is 26.3 Å². The number of nitrogens with zero attached hydrogens (tertiary/aromatic N) is 2. The number of hydrogen-bond acceptors (Lipinski definition) is 3. The van der Waals surface area contributed by atoms with Gasteiger partial charge in [-0.1, -0.05) is 57.2 Å². The van der Waals surface area contributed by atoms with E-state index in [1.54, 1.807) is 0 Å². The van der Waals surface area contributed by atoms with Gasteiger partial charge in [0.05, 0.1) is 29.8 Å². The fourth-order valence-electron chi connectivity index (χ4n) is 3.49. The molecule has 5 nitrogen and oxygen atoms in total. The van der Waals surface area contributed by atoms with E-state index < -0.39 is 0 Å². The van der Waals surface area contributed by atoms with Crippen LogP contribution in [0.5, 0.6) is 0 Å². The Labute approximate surface area is 171 Å². The van der Waals surface area contributed by atoms with Gasteiger partial charge in [-0.2, -0.15) is 0 Å². The van der Waals surface area contributed by atoms with Gasteiger partial charge in [-0.15, -0.1) is 0 Å². The van der Waals surface area contributed by atoms with Crippen molar-refractivity contribution in [3.8, 4) is 0 Å². The number of carbonyl (C=O) groups is 1. The highest BCUT2D eigenvalue weighted by molar-refractivity contribution is 6.23. The largest absolute Gasteiger partial charge is 0.378 e. The summed E-state index contributed by atoms with van der Waals surface area (Å²) in [5, 5.41) is 0. The Hall–Kier alpha value is -2.92. The van der Waals surface area contributed by atoms with Crippen LogP contribution in [-0.4, -0.2) is 47.1 Å². The summed E-state index contributed by atoms with van der Waals surface area (Å²) in [6.07, 6.45) is 1.93. The lowest BCUT2D eigenvalue weighted by Gasteiger charge is -2.27. The van der Waals surface area contributed by atoms with Crippen LogP contribution < -0.4 is 0 Å². The molecule has 1 aliphatic rings. The molecule has 0 radical (unpaired) electrons. The van der Waals surface area contributed by atoms with Crippen molar-refractivity contribution >= 4 is 28.6 Å². The Bertz CT molecular complexity index is 1000. The highest BCUT2D eigenvalue weighted by atomic mass is 16.5. The van der Waals surface area contributed by atoms with Gasteiger partial charge < -0.3 is 14.6 Å². The van der Waals surface area contributed by atoms with Gasteiger partial charge in [-0.3, -0.25) is 4.79 Å². The lowest BCUT2D eigenvalue weighted by Crippen LogP contribution is -2.41. The van der Waals surface area contributed by atoms with Gasteiger partial charge in [0.1, 0.15) is 5.82 Å². The molecule has 2 heterocycles. The van der Waals surface area contributed by atoms with Crippen molar-refractivity contribution in [2.45, 2.75) is 26.2 Å². The van der Waals surface area contributed by atoms with E-state index in [4.69, 9.17) is 4.74 Å². The number of para-hydroxylation sites is 2. The van der Waals surface area contributed by atoms with Gasteiger partial charge in [0.2, 0.25) is 0 Å². The molecule has 4 rings (SSSR count). The average Bonchev–Trinajstić information content (AvgIpc) is 3.16. The Kier molecular flexibility index (Phi) is 5.24. The van der Waals surface area contributed by atoms with E-state index in [9.17, 15) is 4.79 Å². The van der Waals surface area contributed by atoms with E-state index >= 15 is 0 Å². The molecule has 0 unspecified atom stereocenters. The number of morpholine rings is 1. The zero-order chi connectivity index (χ0) is 20.4.